The van der Waals surface area contributed by atoms with Crippen molar-refractivity contribution in [1.82, 2.24) is 0 Å². The quantitative estimate of drug-likeness (QED) is 0.453. The lowest BCUT2D eigenvalue weighted by molar-refractivity contribution is -0.0524. The Labute approximate surface area is 103 Å². The van der Waals surface area contributed by atoms with Crippen molar-refractivity contribution >= 4 is 10.1 Å². The Morgan fingerprint density at radius 3 is 2.44 bits per heavy atom. The summed E-state index contributed by atoms with van der Waals surface area (Å²) in [7, 11) is -5.60. The van der Waals surface area contributed by atoms with E-state index in [2.05, 4.69) is 10.1 Å². The van der Waals surface area contributed by atoms with Gasteiger partial charge in [-0.15, -0.1) is 6.42 Å². The summed E-state index contributed by atoms with van der Waals surface area (Å²) in [5, 5.41) is 0. The number of rotatable bonds is 3. The van der Waals surface area contributed by atoms with Crippen molar-refractivity contribution in [3.63, 3.8) is 0 Å². The molecular formula is C11H11F3O3S. The molecule has 3 nitrogen and oxygen atoms in total. The number of hydrogen-bond donors (Lipinski definition) is 0. The minimum atomic E-state index is -5.60. The predicted octanol–water partition coefficient (Wildman–Crippen LogP) is 2.87. The van der Waals surface area contributed by atoms with E-state index >= 15 is 0 Å². The third kappa shape index (κ3) is 3.53. The zero-order valence-corrected chi connectivity index (χ0v) is 10.1. The SMILES string of the molecule is C#CC=CC1=C(OS(=O)(=O)C(F)(F)F)CCCC1. The molecule has 18 heavy (non-hydrogen) atoms. The summed E-state index contributed by atoms with van der Waals surface area (Å²) in [4.78, 5) is 0. The smallest absolute Gasteiger partial charge is 0.380 e. The molecule has 0 aliphatic heterocycles. The zero-order valence-electron chi connectivity index (χ0n) is 9.33. The maximum absolute atomic E-state index is 12.2. The first-order valence-electron chi connectivity index (χ1n) is 5.13. The third-order valence-corrected chi connectivity index (χ3v) is 3.32. The summed E-state index contributed by atoms with van der Waals surface area (Å²) in [6, 6.07) is 0. The van der Waals surface area contributed by atoms with Crippen molar-refractivity contribution in [1.29, 1.82) is 0 Å². The fourth-order valence-corrected chi connectivity index (χ4v) is 2.05. The standard InChI is InChI=1S/C11H11F3O3S/c1-2-3-6-9-7-4-5-8-10(9)17-18(15,16)11(12,13)14/h1,3,6H,4-5,7-8H2. The van der Waals surface area contributed by atoms with Gasteiger partial charge in [-0.3, -0.25) is 0 Å². The maximum Gasteiger partial charge on any atom is 0.534 e. The van der Waals surface area contributed by atoms with Crippen LogP contribution in [0.25, 0.3) is 0 Å². The van der Waals surface area contributed by atoms with Gasteiger partial charge in [0.15, 0.2) is 0 Å². The van der Waals surface area contributed by atoms with Crippen LogP contribution < -0.4 is 0 Å². The van der Waals surface area contributed by atoms with Crippen molar-refractivity contribution in [3.05, 3.63) is 23.5 Å². The molecule has 1 rings (SSSR count). The van der Waals surface area contributed by atoms with Crippen LogP contribution in [0.4, 0.5) is 13.2 Å². The monoisotopic (exact) mass is 280 g/mol. The zero-order chi connectivity index (χ0) is 13.8. The second kappa shape index (κ2) is 5.48. The highest BCUT2D eigenvalue weighted by atomic mass is 32.2. The molecule has 0 saturated heterocycles. The lowest BCUT2D eigenvalue weighted by Gasteiger charge is -2.19. The molecule has 0 aromatic heterocycles. The normalized spacial score (nSPS) is 17.9. The van der Waals surface area contributed by atoms with Gasteiger partial charge in [0, 0.05) is 6.42 Å². The predicted molar refractivity (Wildman–Crippen MR) is 59.5 cm³/mol. The molecule has 0 heterocycles. The highest BCUT2D eigenvalue weighted by molar-refractivity contribution is 7.87. The molecule has 0 aromatic carbocycles. The first kappa shape index (κ1) is 14.6. The van der Waals surface area contributed by atoms with E-state index in [4.69, 9.17) is 6.42 Å². The lowest BCUT2D eigenvalue weighted by atomic mass is 9.97. The third-order valence-electron chi connectivity index (χ3n) is 2.33. The average molecular weight is 280 g/mol. The van der Waals surface area contributed by atoms with E-state index in [9.17, 15) is 21.6 Å². The first-order valence-corrected chi connectivity index (χ1v) is 6.54. The minimum absolute atomic E-state index is 0.152. The molecule has 1 aliphatic carbocycles. The van der Waals surface area contributed by atoms with Crippen LogP contribution in [0.2, 0.25) is 0 Å². The largest absolute Gasteiger partial charge is 0.534 e. The van der Waals surface area contributed by atoms with Crippen LogP contribution in [0.15, 0.2) is 23.5 Å². The molecule has 100 valence electrons. The second-order valence-corrected chi connectivity index (χ2v) is 5.18. The number of alkyl halides is 3. The van der Waals surface area contributed by atoms with Crippen LogP contribution in [-0.4, -0.2) is 13.9 Å². The van der Waals surface area contributed by atoms with Gasteiger partial charge in [-0.1, -0.05) is 5.92 Å². The van der Waals surface area contributed by atoms with Crippen LogP contribution in [-0.2, 0) is 14.3 Å². The lowest BCUT2D eigenvalue weighted by Crippen LogP contribution is -2.26. The summed E-state index contributed by atoms with van der Waals surface area (Å²) >= 11 is 0. The van der Waals surface area contributed by atoms with Crippen molar-refractivity contribution in [2.45, 2.75) is 31.2 Å². The maximum atomic E-state index is 12.2. The van der Waals surface area contributed by atoms with Gasteiger partial charge in [-0.2, -0.15) is 21.6 Å². The highest BCUT2D eigenvalue weighted by Crippen LogP contribution is 2.32. The van der Waals surface area contributed by atoms with Crippen LogP contribution >= 0.6 is 0 Å². The van der Waals surface area contributed by atoms with Crippen LogP contribution in [0.1, 0.15) is 25.7 Å². The molecule has 0 bridgehead atoms. The number of terminal acetylenes is 1. The Morgan fingerprint density at radius 1 is 1.28 bits per heavy atom. The molecule has 0 spiro atoms. The second-order valence-electron chi connectivity index (χ2n) is 3.64. The molecule has 0 atom stereocenters. The van der Waals surface area contributed by atoms with Crippen molar-refractivity contribution in [2.75, 3.05) is 0 Å². The van der Waals surface area contributed by atoms with Gasteiger partial charge in [0.25, 0.3) is 0 Å². The van der Waals surface area contributed by atoms with Gasteiger partial charge in [-0.05, 0) is 37.0 Å². The number of allylic oxidation sites excluding steroid dienone is 4. The van der Waals surface area contributed by atoms with Gasteiger partial charge in [-0.25, -0.2) is 0 Å². The summed E-state index contributed by atoms with van der Waals surface area (Å²) in [6.45, 7) is 0. The number of hydrogen-bond acceptors (Lipinski definition) is 3. The van der Waals surface area contributed by atoms with E-state index in [0.717, 1.165) is 6.42 Å². The minimum Gasteiger partial charge on any atom is -0.380 e. The fourth-order valence-electron chi connectivity index (χ4n) is 1.50. The van der Waals surface area contributed by atoms with Gasteiger partial charge in [0.1, 0.15) is 5.76 Å². The molecular weight excluding hydrogens is 269 g/mol. The molecule has 0 fully saturated rings. The Kier molecular flexibility index (Phi) is 4.46. The Balaban J connectivity index is 3.03. The van der Waals surface area contributed by atoms with Crippen molar-refractivity contribution in [2.24, 2.45) is 0 Å². The van der Waals surface area contributed by atoms with Crippen LogP contribution in [0, 0.1) is 12.3 Å². The fraction of sp³-hybridized carbons (Fsp3) is 0.455. The van der Waals surface area contributed by atoms with E-state index in [1.54, 1.807) is 0 Å². The number of halogens is 3. The van der Waals surface area contributed by atoms with E-state index in [1.165, 1.54) is 12.2 Å². The summed E-state index contributed by atoms with van der Waals surface area (Å²) in [6.07, 6.45) is 9.62. The first-order chi connectivity index (χ1) is 8.28. The molecule has 1 aliphatic rings. The van der Waals surface area contributed by atoms with Crippen molar-refractivity contribution < 1.29 is 25.8 Å². The topological polar surface area (TPSA) is 43.4 Å². The summed E-state index contributed by atoms with van der Waals surface area (Å²) in [5.74, 6) is 2.01. The van der Waals surface area contributed by atoms with E-state index in [-0.39, 0.29) is 12.2 Å². The van der Waals surface area contributed by atoms with Crippen molar-refractivity contribution in [3.8, 4) is 12.3 Å². The molecule has 7 heteroatoms. The van der Waals surface area contributed by atoms with Crippen LogP contribution in [0.5, 0.6) is 0 Å². The average Bonchev–Trinajstić information content (AvgIpc) is 2.26. The molecule has 0 aromatic rings. The summed E-state index contributed by atoms with van der Waals surface area (Å²) in [5.41, 5.74) is -5.02. The highest BCUT2D eigenvalue weighted by Gasteiger charge is 2.49. The Bertz CT molecular complexity index is 507. The van der Waals surface area contributed by atoms with E-state index in [1.807, 2.05) is 0 Å². The molecule has 0 amide bonds. The van der Waals surface area contributed by atoms with Gasteiger partial charge in [0.2, 0.25) is 0 Å². The molecule has 0 N–H and O–H groups in total. The molecule has 0 radical (unpaired) electrons. The van der Waals surface area contributed by atoms with Crippen LogP contribution in [0.3, 0.4) is 0 Å². The van der Waals surface area contributed by atoms with Gasteiger partial charge < -0.3 is 4.18 Å². The van der Waals surface area contributed by atoms with Gasteiger partial charge >= 0.3 is 15.6 Å². The Morgan fingerprint density at radius 2 is 1.89 bits per heavy atom. The summed E-state index contributed by atoms with van der Waals surface area (Å²) < 4.78 is 62.5. The van der Waals surface area contributed by atoms with E-state index in [0.29, 0.717) is 18.4 Å². The van der Waals surface area contributed by atoms with Gasteiger partial charge in [0.05, 0.1) is 0 Å². The Hall–Kier alpha value is -1.42. The van der Waals surface area contributed by atoms with E-state index < -0.39 is 15.6 Å². The molecule has 0 saturated carbocycles. The molecule has 0 unspecified atom stereocenters.